The molecule has 0 spiro atoms. The number of anilines is 1. The molecule has 0 bridgehead atoms. The minimum absolute atomic E-state index is 0.0609. The van der Waals surface area contributed by atoms with Crippen molar-refractivity contribution in [3.8, 4) is 5.75 Å². The van der Waals surface area contributed by atoms with Crippen LogP contribution >= 0.6 is 15.9 Å². The van der Waals surface area contributed by atoms with E-state index in [-0.39, 0.29) is 11.5 Å². The van der Waals surface area contributed by atoms with Gasteiger partial charge in [-0.15, -0.1) is 0 Å². The van der Waals surface area contributed by atoms with Crippen molar-refractivity contribution in [2.45, 2.75) is 4.90 Å². The SMILES string of the molecule is COC(=O)COc1ccc(/C=N\NC(=O)CN(c2cccc(Br)c2)S(=O)(=O)c2ccccc2)cc1. The predicted octanol–water partition coefficient (Wildman–Crippen LogP) is 3.35. The maximum atomic E-state index is 13.3. The number of benzene rings is 3. The fraction of sp³-hybridized carbons (Fsp3) is 0.125. The Balaban J connectivity index is 1.69. The standard InChI is InChI=1S/C24H22BrN3O6S/c1-33-24(30)17-34-21-12-10-18(11-13-21)15-26-27-23(29)16-28(20-7-5-6-19(25)14-20)35(31,32)22-8-3-2-4-9-22/h2-15H,16-17H2,1H3,(H,27,29)/b26-15-. The highest BCUT2D eigenvalue weighted by molar-refractivity contribution is 9.10. The molecular formula is C24H22BrN3O6S. The monoisotopic (exact) mass is 559 g/mol. The van der Waals surface area contributed by atoms with Crippen molar-refractivity contribution < 1.29 is 27.5 Å². The summed E-state index contributed by atoms with van der Waals surface area (Å²) in [5, 5.41) is 3.91. The maximum absolute atomic E-state index is 13.3. The van der Waals surface area contributed by atoms with Crippen LogP contribution in [0.2, 0.25) is 0 Å². The highest BCUT2D eigenvalue weighted by Crippen LogP contribution is 2.26. The van der Waals surface area contributed by atoms with Gasteiger partial charge in [-0.3, -0.25) is 9.10 Å². The number of halogens is 1. The quantitative estimate of drug-likeness (QED) is 0.231. The molecule has 9 nitrogen and oxygen atoms in total. The molecule has 0 aliphatic carbocycles. The average Bonchev–Trinajstić information content (AvgIpc) is 2.87. The number of carbonyl (C=O) groups excluding carboxylic acids is 2. The number of hydrogen-bond donors (Lipinski definition) is 1. The smallest absolute Gasteiger partial charge is 0.343 e. The molecule has 1 N–H and O–H groups in total. The lowest BCUT2D eigenvalue weighted by atomic mass is 10.2. The van der Waals surface area contributed by atoms with E-state index < -0.39 is 28.4 Å². The van der Waals surface area contributed by atoms with Crippen molar-refractivity contribution in [3.63, 3.8) is 0 Å². The molecule has 0 saturated heterocycles. The number of hydrazone groups is 1. The van der Waals surface area contributed by atoms with E-state index in [1.165, 1.54) is 25.5 Å². The molecule has 0 unspecified atom stereocenters. The zero-order chi connectivity index (χ0) is 25.3. The van der Waals surface area contributed by atoms with Crippen molar-refractivity contribution in [1.29, 1.82) is 0 Å². The Morgan fingerprint density at radius 1 is 1.03 bits per heavy atom. The number of amides is 1. The number of ether oxygens (including phenoxy) is 2. The average molecular weight is 560 g/mol. The first kappa shape index (κ1) is 25.9. The number of rotatable bonds is 10. The predicted molar refractivity (Wildman–Crippen MR) is 135 cm³/mol. The van der Waals surface area contributed by atoms with Crippen LogP contribution in [0.1, 0.15) is 5.56 Å². The van der Waals surface area contributed by atoms with Crippen molar-refractivity contribution >= 4 is 49.7 Å². The first-order valence-electron chi connectivity index (χ1n) is 10.2. The second-order valence-corrected chi connectivity index (χ2v) is 9.81. The summed E-state index contributed by atoms with van der Waals surface area (Å²) in [7, 11) is -2.74. The van der Waals surface area contributed by atoms with Gasteiger partial charge in [-0.1, -0.05) is 40.2 Å². The lowest BCUT2D eigenvalue weighted by Crippen LogP contribution is -2.39. The van der Waals surface area contributed by atoms with Crippen LogP contribution in [0.25, 0.3) is 0 Å². The number of esters is 1. The van der Waals surface area contributed by atoms with Crippen molar-refractivity contribution in [1.82, 2.24) is 5.43 Å². The highest BCUT2D eigenvalue weighted by Gasteiger charge is 2.27. The molecule has 3 aromatic carbocycles. The van der Waals surface area contributed by atoms with Gasteiger partial charge in [0.2, 0.25) is 0 Å². The molecule has 11 heteroatoms. The summed E-state index contributed by atoms with van der Waals surface area (Å²) < 4.78 is 38.0. The van der Waals surface area contributed by atoms with E-state index in [4.69, 9.17) is 4.74 Å². The third-order valence-corrected chi connectivity index (χ3v) is 6.86. The van der Waals surface area contributed by atoms with E-state index in [0.29, 0.717) is 21.5 Å². The van der Waals surface area contributed by atoms with Crippen LogP contribution in [0, 0.1) is 0 Å². The molecule has 0 heterocycles. The maximum Gasteiger partial charge on any atom is 0.343 e. The molecule has 3 aromatic rings. The molecule has 3 rings (SSSR count). The summed E-state index contributed by atoms with van der Waals surface area (Å²) in [4.78, 5) is 23.8. The van der Waals surface area contributed by atoms with Gasteiger partial charge in [0.05, 0.1) is 23.9 Å². The molecule has 0 atom stereocenters. The van der Waals surface area contributed by atoms with E-state index in [2.05, 4.69) is 31.2 Å². The first-order chi connectivity index (χ1) is 16.8. The Labute approximate surface area is 211 Å². The van der Waals surface area contributed by atoms with Crippen LogP contribution in [0.4, 0.5) is 5.69 Å². The molecule has 1 amide bonds. The number of nitrogens with one attached hydrogen (secondary N) is 1. The van der Waals surface area contributed by atoms with Crippen LogP contribution in [-0.4, -0.2) is 46.8 Å². The third kappa shape index (κ3) is 7.39. The Morgan fingerprint density at radius 3 is 2.40 bits per heavy atom. The second kappa shape index (κ2) is 12.1. The van der Waals surface area contributed by atoms with Crippen LogP contribution in [-0.2, 0) is 24.3 Å². The van der Waals surface area contributed by atoms with Crippen LogP contribution in [0.15, 0.2) is 93.3 Å². The van der Waals surface area contributed by atoms with E-state index >= 15 is 0 Å². The van der Waals surface area contributed by atoms with Gasteiger partial charge in [0, 0.05) is 4.47 Å². The van der Waals surface area contributed by atoms with Gasteiger partial charge in [0.25, 0.3) is 15.9 Å². The Kier molecular flexibility index (Phi) is 8.98. The van der Waals surface area contributed by atoms with Gasteiger partial charge in [-0.2, -0.15) is 5.10 Å². The minimum atomic E-state index is -4.01. The molecule has 182 valence electrons. The molecule has 0 saturated carbocycles. The van der Waals surface area contributed by atoms with Crippen LogP contribution in [0.3, 0.4) is 0 Å². The third-order valence-electron chi connectivity index (χ3n) is 4.58. The van der Waals surface area contributed by atoms with E-state index in [1.54, 1.807) is 66.7 Å². The molecule has 0 aromatic heterocycles. The number of hydrogen-bond acceptors (Lipinski definition) is 7. The van der Waals surface area contributed by atoms with E-state index in [9.17, 15) is 18.0 Å². The Morgan fingerprint density at radius 2 is 1.74 bits per heavy atom. The van der Waals surface area contributed by atoms with Crippen LogP contribution < -0.4 is 14.5 Å². The van der Waals surface area contributed by atoms with Gasteiger partial charge in [0.15, 0.2) is 6.61 Å². The number of nitrogens with zero attached hydrogens (tertiary/aromatic N) is 2. The summed E-state index contributed by atoms with van der Waals surface area (Å²) in [6.45, 7) is -0.689. The topological polar surface area (TPSA) is 114 Å². The van der Waals surface area contributed by atoms with Gasteiger partial charge in [0.1, 0.15) is 12.3 Å². The van der Waals surface area contributed by atoms with Gasteiger partial charge in [-0.05, 0) is 60.2 Å². The van der Waals surface area contributed by atoms with Gasteiger partial charge < -0.3 is 9.47 Å². The molecule has 0 aliphatic rings. The molecule has 35 heavy (non-hydrogen) atoms. The summed E-state index contributed by atoms with van der Waals surface area (Å²) >= 11 is 3.34. The molecular weight excluding hydrogens is 538 g/mol. The van der Waals surface area contributed by atoms with Crippen molar-refractivity contribution in [2.75, 3.05) is 24.6 Å². The lowest BCUT2D eigenvalue weighted by molar-refractivity contribution is -0.142. The largest absolute Gasteiger partial charge is 0.482 e. The summed E-state index contributed by atoms with van der Waals surface area (Å²) in [5.41, 5.74) is 3.33. The van der Waals surface area contributed by atoms with Gasteiger partial charge >= 0.3 is 5.97 Å². The fourth-order valence-electron chi connectivity index (χ4n) is 2.86. The zero-order valence-electron chi connectivity index (χ0n) is 18.6. The Bertz CT molecular complexity index is 1300. The highest BCUT2D eigenvalue weighted by atomic mass is 79.9. The van der Waals surface area contributed by atoms with Gasteiger partial charge in [-0.25, -0.2) is 18.6 Å². The summed E-state index contributed by atoms with van der Waals surface area (Å²) in [6.07, 6.45) is 1.40. The van der Waals surface area contributed by atoms with Crippen molar-refractivity contribution in [2.24, 2.45) is 5.10 Å². The molecule has 0 radical (unpaired) electrons. The minimum Gasteiger partial charge on any atom is -0.482 e. The summed E-state index contributed by atoms with van der Waals surface area (Å²) in [6, 6.07) is 21.1. The summed E-state index contributed by atoms with van der Waals surface area (Å²) in [5.74, 6) is -0.657. The molecule has 0 aliphatic heterocycles. The normalized spacial score (nSPS) is 11.1. The number of methoxy groups -OCH3 is 1. The lowest BCUT2D eigenvalue weighted by Gasteiger charge is -2.23. The Hall–Kier alpha value is -3.70. The second-order valence-electron chi connectivity index (χ2n) is 7.03. The number of carbonyl (C=O) groups is 2. The fourth-order valence-corrected chi connectivity index (χ4v) is 4.68. The number of sulfonamides is 1. The molecule has 0 fully saturated rings. The van der Waals surface area contributed by atoms with Crippen LogP contribution in [0.5, 0.6) is 5.75 Å². The van der Waals surface area contributed by atoms with E-state index in [1.807, 2.05) is 0 Å². The van der Waals surface area contributed by atoms with Crippen molar-refractivity contribution in [3.05, 3.63) is 88.9 Å². The van der Waals surface area contributed by atoms with E-state index in [0.717, 1.165) is 4.31 Å². The zero-order valence-corrected chi connectivity index (χ0v) is 21.0. The first-order valence-corrected chi connectivity index (χ1v) is 12.5.